The Kier molecular flexibility index (Phi) is 5.24. The molecule has 2 bridgehead atoms. The molecule has 0 radical (unpaired) electrons. The second-order valence-corrected chi connectivity index (χ2v) is 10.6. The maximum atomic E-state index is 6.17. The van der Waals surface area contributed by atoms with Gasteiger partial charge in [0.25, 0.3) is 0 Å². The number of benzene rings is 2. The first-order chi connectivity index (χ1) is 19.2. The van der Waals surface area contributed by atoms with Gasteiger partial charge in [-0.15, -0.1) is 0 Å². The second kappa shape index (κ2) is 8.96. The summed E-state index contributed by atoms with van der Waals surface area (Å²) in [7, 11) is 0. The summed E-state index contributed by atoms with van der Waals surface area (Å²) in [4.78, 5) is 17.9. The first-order valence-corrected chi connectivity index (χ1v) is 13.7. The number of likely N-dealkylation sites (tertiary alicyclic amines) is 1. The molecule has 10 nitrogen and oxygen atoms in total. The Bertz CT molecular complexity index is 1670. The van der Waals surface area contributed by atoms with E-state index in [-0.39, 0.29) is 0 Å². The molecule has 0 spiro atoms. The molecule has 2 N–H and O–H groups in total. The number of anilines is 3. The summed E-state index contributed by atoms with van der Waals surface area (Å²) in [5, 5.41) is 9.06. The highest BCUT2D eigenvalue weighted by atomic mass is 16.5. The van der Waals surface area contributed by atoms with Gasteiger partial charge in [0, 0.05) is 54.2 Å². The number of aromatic nitrogens is 5. The summed E-state index contributed by atoms with van der Waals surface area (Å²) in [6, 6.07) is 16.4. The molecule has 10 heteroatoms. The fraction of sp³-hybridized carbons (Fsp3) is 0.345. The minimum atomic E-state index is 0.514. The minimum absolute atomic E-state index is 0.514. The van der Waals surface area contributed by atoms with Crippen LogP contribution in [0.5, 0.6) is 5.75 Å². The van der Waals surface area contributed by atoms with E-state index in [1.807, 2.05) is 19.3 Å². The van der Waals surface area contributed by atoms with Gasteiger partial charge in [-0.25, -0.2) is 14.5 Å². The Hall–Kier alpha value is -4.15. The zero-order chi connectivity index (χ0) is 25.9. The third-order valence-electron chi connectivity index (χ3n) is 8.32. The highest BCUT2D eigenvalue weighted by Gasteiger charge is 2.47. The number of H-pyrrole nitrogens is 1. The van der Waals surface area contributed by atoms with Crippen molar-refractivity contribution in [3.05, 3.63) is 61.2 Å². The summed E-state index contributed by atoms with van der Waals surface area (Å²) in [5.41, 5.74) is 5.60. The Morgan fingerprint density at radius 2 is 2.03 bits per heavy atom. The lowest BCUT2D eigenvalue weighted by Crippen LogP contribution is -2.56. The third kappa shape index (κ3) is 3.82. The standard InChI is InChI=1S/C29H30N8O2/c1-2-39-27-10-20(5-6-26(27)36-13-21-11-22(36)12-35(21)23-15-38-16-23)33-28-29-31-17-32-37(29)14-25(34-28)19-4-3-18-7-8-30-24(18)9-19/h3-10,14,17,21-23,30H,2,11-13,15-16H2,1H3,(H,33,34). The van der Waals surface area contributed by atoms with Crippen molar-refractivity contribution in [1.29, 1.82) is 0 Å². The summed E-state index contributed by atoms with van der Waals surface area (Å²) < 4.78 is 13.4. The van der Waals surface area contributed by atoms with E-state index in [9.17, 15) is 0 Å². The number of piperazine rings is 1. The average molecular weight is 523 g/mol. The molecule has 2 unspecified atom stereocenters. The molecular formula is C29H30N8O2. The largest absolute Gasteiger partial charge is 0.492 e. The van der Waals surface area contributed by atoms with E-state index in [1.54, 1.807) is 10.8 Å². The van der Waals surface area contributed by atoms with Gasteiger partial charge in [-0.2, -0.15) is 5.10 Å². The van der Waals surface area contributed by atoms with Crippen molar-refractivity contribution in [2.75, 3.05) is 43.1 Å². The predicted octanol–water partition coefficient (Wildman–Crippen LogP) is 4.08. The Morgan fingerprint density at radius 3 is 2.85 bits per heavy atom. The molecular weight excluding hydrogens is 492 g/mol. The Morgan fingerprint density at radius 1 is 1.08 bits per heavy atom. The highest BCUT2D eigenvalue weighted by molar-refractivity contribution is 5.85. The van der Waals surface area contributed by atoms with Gasteiger partial charge in [0.2, 0.25) is 0 Å². The van der Waals surface area contributed by atoms with Crippen LogP contribution >= 0.6 is 0 Å². The first-order valence-electron chi connectivity index (χ1n) is 13.7. The topological polar surface area (TPSA) is 95.8 Å². The molecule has 3 fully saturated rings. The number of fused-ring (bicyclic) bond motifs is 4. The lowest BCUT2D eigenvalue weighted by molar-refractivity contribution is -0.0708. The Balaban J connectivity index is 1.10. The van der Waals surface area contributed by atoms with Gasteiger partial charge in [-0.05, 0) is 43.0 Å². The zero-order valence-corrected chi connectivity index (χ0v) is 21.7. The van der Waals surface area contributed by atoms with Crippen LogP contribution in [-0.2, 0) is 4.74 Å². The highest BCUT2D eigenvalue weighted by Crippen LogP contribution is 2.42. The van der Waals surface area contributed by atoms with E-state index < -0.39 is 0 Å². The molecule has 5 aromatic rings. The third-order valence-corrected chi connectivity index (χ3v) is 8.32. The van der Waals surface area contributed by atoms with Gasteiger partial charge in [0.05, 0.1) is 43.4 Å². The number of aromatic amines is 1. The number of nitrogens with zero attached hydrogens (tertiary/aromatic N) is 6. The lowest BCUT2D eigenvalue weighted by Gasteiger charge is -2.43. The van der Waals surface area contributed by atoms with Crippen LogP contribution in [0.15, 0.2) is 61.2 Å². The van der Waals surface area contributed by atoms with E-state index in [0.29, 0.717) is 36.2 Å². The van der Waals surface area contributed by atoms with Gasteiger partial charge in [0.15, 0.2) is 11.5 Å². The van der Waals surface area contributed by atoms with Crippen molar-refractivity contribution in [3.63, 3.8) is 0 Å². The fourth-order valence-corrected chi connectivity index (χ4v) is 6.35. The normalized spacial score (nSPS) is 21.2. The summed E-state index contributed by atoms with van der Waals surface area (Å²) in [5.74, 6) is 1.53. The van der Waals surface area contributed by atoms with E-state index in [1.165, 1.54) is 11.8 Å². The minimum Gasteiger partial charge on any atom is -0.492 e. The van der Waals surface area contributed by atoms with Crippen molar-refractivity contribution in [2.45, 2.75) is 31.5 Å². The van der Waals surface area contributed by atoms with E-state index in [2.05, 4.69) is 72.6 Å². The van der Waals surface area contributed by atoms with Crippen LogP contribution in [0, 0.1) is 0 Å². The fourth-order valence-electron chi connectivity index (χ4n) is 6.35. The molecule has 198 valence electrons. The molecule has 2 atom stereocenters. The zero-order valence-electron chi connectivity index (χ0n) is 21.7. The van der Waals surface area contributed by atoms with Crippen LogP contribution in [0.4, 0.5) is 17.2 Å². The van der Waals surface area contributed by atoms with E-state index in [4.69, 9.17) is 14.5 Å². The molecule has 3 saturated heterocycles. The van der Waals surface area contributed by atoms with Crippen molar-refractivity contribution < 1.29 is 9.47 Å². The molecule has 3 aliphatic rings. The van der Waals surface area contributed by atoms with E-state index >= 15 is 0 Å². The number of hydrogen-bond acceptors (Lipinski definition) is 8. The van der Waals surface area contributed by atoms with Crippen LogP contribution in [0.2, 0.25) is 0 Å². The van der Waals surface area contributed by atoms with Crippen LogP contribution < -0.4 is 15.0 Å². The van der Waals surface area contributed by atoms with Crippen molar-refractivity contribution >= 4 is 33.7 Å². The van der Waals surface area contributed by atoms with Gasteiger partial charge < -0.3 is 24.7 Å². The molecule has 0 aliphatic carbocycles. The lowest BCUT2D eigenvalue weighted by atomic mass is 10.1. The van der Waals surface area contributed by atoms with Crippen molar-refractivity contribution in [2.24, 2.45) is 0 Å². The van der Waals surface area contributed by atoms with Crippen LogP contribution in [0.1, 0.15) is 13.3 Å². The first kappa shape index (κ1) is 22.8. The maximum Gasteiger partial charge on any atom is 0.198 e. The molecule has 0 amide bonds. The van der Waals surface area contributed by atoms with Gasteiger partial charge in [-0.1, -0.05) is 12.1 Å². The van der Waals surface area contributed by atoms with Crippen LogP contribution in [0.3, 0.4) is 0 Å². The molecule has 2 aromatic carbocycles. The quantitative estimate of drug-likeness (QED) is 0.330. The van der Waals surface area contributed by atoms with Gasteiger partial charge >= 0.3 is 0 Å². The molecule has 8 rings (SSSR count). The van der Waals surface area contributed by atoms with Gasteiger partial charge in [-0.3, -0.25) is 4.90 Å². The van der Waals surface area contributed by atoms with Crippen molar-refractivity contribution in [1.82, 2.24) is 29.5 Å². The maximum absolute atomic E-state index is 6.17. The predicted molar refractivity (Wildman–Crippen MR) is 150 cm³/mol. The number of ether oxygens (including phenoxy) is 2. The molecule has 39 heavy (non-hydrogen) atoms. The number of rotatable bonds is 7. The smallest absolute Gasteiger partial charge is 0.198 e. The summed E-state index contributed by atoms with van der Waals surface area (Å²) in [6.45, 7) is 6.52. The second-order valence-electron chi connectivity index (χ2n) is 10.6. The summed E-state index contributed by atoms with van der Waals surface area (Å²) >= 11 is 0. The molecule has 0 saturated carbocycles. The van der Waals surface area contributed by atoms with Crippen LogP contribution in [0.25, 0.3) is 27.8 Å². The molecule has 6 heterocycles. The monoisotopic (exact) mass is 522 g/mol. The molecule has 3 aromatic heterocycles. The van der Waals surface area contributed by atoms with Gasteiger partial charge in [0.1, 0.15) is 12.1 Å². The van der Waals surface area contributed by atoms with Crippen molar-refractivity contribution in [3.8, 4) is 17.0 Å². The number of nitrogens with one attached hydrogen (secondary N) is 2. The number of hydrogen-bond donors (Lipinski definition) is 2. The SMILES string of the molecule is CCOc1cc(Nc2nc(-c3ccc4cc[nH]c4c3)cn3ncnc23)ccc1N1CC2CC1CN2C1COC1. The average Bonchev–Trinajstić information content (AvgIpc) is 3.71. The Labute approximate surface area is 225 Å². The summed E-state index contributed by atoms with van der Waals surface area (Å²) in [6.07, 6.45) is 6.61. The van der Waals surface area contributed by atoms with Crippen LogP contribution in [-0.4, -0.2) is 80.5 Å². The molecule has 3 aliphatic heterocycles. The van der Waals surface area contributed by atoms with E-state index in [0.717, 1.165) is 60.2 Å².